The standard InChI is InChI=1S/C38H46O4S/c1-24-6-14-29(15-7-24)43-34(25-8-11-27(41-4)12-9-25)23-36(39)38(3,40)35-19-18-33-32-16-10-26-22-28(42-5)13-17-30(26)31(32)20-21-37(33,35)2/h6-9,11-15,17,22,31-35,40H,10,16,18-21,23H2,1-5H3/t31-,32-,33+,34-,35+,37+,38-/m1/s1. The van der Waals surface area contributed by atoms with Gasteiger partial charge in [-0.15, -0.1) is 11.8 Å². The number of ether oxygens (including phenoxy) is 2. The highest BCUT2D eigenvalue weighted by molar-refractivity contribution is 7.99. The SMILES string of the molecule is COc1ccc([C@@H](CC(=O)[C@](C)(O)[C@H]2CC[C@H]3[C@@H]4CCc5cc(OC)ccc5[C@H]4CC[C@@]32C)Sc2ccc(C)cc2)cc1. The van der Waals surface area contributed by atoms with Gasteiger partial charge >= 0.3 is 0 Å². The number of rotatable bonds is 9. The Morgan fingerprint density at radius 2 is 1.67 bits per heavy atom. The minimum atomic E-state index is -1.37. The molecule has 0 spiro atoms. The maximum Gasteiger partial charge on any atom is 0.165 e. The summed E-state index contributed by atoms with van der Waals surface area (Å²) in [6.07, 6.45) is 6.74. The summed E-state index contributed by atoms with van der Waals surface area (Å²) in [5, 5.41) is 12.1. The third kappa shape index (κ3) is 5.64. The van der Waals surface area contributed by atoms with Crippen LogP contribution >= 0.6 is 11.8 Å². The highest BCUT2D eigenvalue weighted by atomic mass is 32.2. The first-order valence-corrected chi connectivity index (χ1v) is 16.8. The fourth-order valence-corrected chi connectivity index (χ4v) is 10.2. The molecule has 3 aliphatic carbocycles. The number of benzene rings is 3. The first-order valence-electron chi connectivity index (χ1n) is 15.9. The van der Waals surface area contributed by atoms with Gasteiger partial charge in [0.05, 0.1) is 14.2 Å². The van der Waals surface area contributed by atoms with Crippen molar-refractivity contribution in [3.8, 4) is 11.5 Å². The number of carbonyl (C=O) groups is 1. The van der Waals surface area contributed by atoms with E-state index in [1.54, 1.807) is 26.0 Å². The highest BCUT2D eigenvalue weighted by Gasteiger charge is 2.60. The van der Waals surface area contributed by atoms with Crippen LogP contribution in [0.1, 0.15) is 85.8 Å². The van der Waals surface area contributed by atoms with Crippen molar-refractivity contribution in [1.29, 1.82) is 0 Å². The summed E-state index contributed by atoms with van der Waals surface area (Å²) in [5.41, 5.74) is 3.82. The van der Waals surface area contributed by atoms with Gasteiger partial charge in [-0.1, -0.05) is 42.8 Å². The van der Waals surface area contributed by atoms with Crippen LogP contribution in [-0.4, -0.2) is 30.7 Å². The maximum atomic E-state index is 14.2. The molecule has 3 aromatic rings. The Hall–Kier alpha value is -2.76. The molecule has 2 saturated carbocycles. The molecule has 5 heteroatoms. The van der Waals surface area contributed by atoms with E-state index >= 15 is 0 Å². The molecule has 7 atom stereocenters. The van der Waals surface area contributed by atoms with Crippen molar-refractivity contribution in [2.75, 3.05) is 14.2 Å². The lowest BCUT2D eigenvalue weighted by atomic mass is 9.52. The average Bonchev–Trinajstić information content (AvgIpc) is 3.39. The summed E-state index contributed by atoms with van der Waals surface area (Å²) in [5.74, 6) is 3.38. The van der Waals surface area contributed by atoms with Crippen LogP contribution in [-0.2, 0) is 11.2 Å². The number of ketones is 1. The summed E-state index contributed by atoms with van der Waals surface area (Å²) in [4.78, 5) is 15.4. The third-order valence-electron chi connectivity index (χ3n) is 11.3. The fraction of sp³-hybridized carbons (Fsp3) is 0.500. The van der Waals surface area contributed by atoms with Crippen LogP contribution in [0.3, 0.4) is 0 Å². The Balaban J connectivity index is 1.22. The van der Waals surface area contributed by atoms with Crippen molar-refractivity contribution in [1.82, 2.24) is 0 Å². The van der Waals surface area contributed by atoms with Crippen LogP contribution in [0.5, 0.6) is 11.5 Å². The molecule has 3 aliphatic rings. The predicted molar refractivity (Wildman–Crippen MR) is 174 cm³/mol. The summed E-state index contributed by atoms with van der Waals surface area (Å²) >= 11 is 1.70. The molecule has 43 heavy (non-hydrogen) atoms. The number of hydrogen-bond donors (Lipinski definition) is 1. The molecule has 0 radical (unpaired) electrons. The molecule has 4 nitrogen and oxygen atoms in total. The lowest BCUT2D eigenvalue weighted by molar-refractivity contribution is -0.149. The lowest BCUT2D eigenvalue weighted by Crippen LogP contribution is -2.52. The van der Waals surface area contributed by atoms with Crippen LogP contribution in [0.2, 0.25) is 0 Å². The van der Waals surface area contributed by atoms with Crippen molar-refractivity contribution < 1.29 is 19.4 Å². The summed E-state index contributed by atoms with van der Waals surface area (Å²) in [7, 11) is 3.41. The quantitative estimate of drug-likeness (QED) is 0.250. The number of hydrogen-bond acceptors (Lipinski definition) is 5. The molecule has 3 aromatic carbocycles. The predicted octanol–water partition coefficient (Wildman–Crippen LogP) is 8.73. The summed E-state index contributed by atoms with van der Waals surface area (Å²) in [6, 6.07) is 23.1. The van der Waals surface area contributed by atoms with E-state index in [0.717, 1.165) is 54.1 Å². The van der Waals surface area contributed by atoms with Crippen LogP contribution < -0.4 is 9.47 Å². The van der Waals surface area contributed by atoms with Crippen molar-refractivity contribution in [3.63, 3.8) is 0 Å². The minimum Gasteiger partial charge on any atom is -0.497 e. The van der Waals surface area contributed by atoms with Crippen molar-refractivity contribution in [3.05, 3.63) is 89.0 Å². The molecule has 0 saturated heterocycles. The monoisotopic (exact) mass is 598 g/mol. The number of carbonyl (C=O) groups excluding carboxylic acids is 1. The highest BCUT2D eigenvalue weighted by Crippen LogP contribution is 2.65. The van der Waals surface area contributed by atoms with Gasteiger partial charge in [0.1, 0.15) is 17.1 Å². The second kappa shape index (κ2) is 12.0. The van der Waals surface area contributed by atoms with E-state index in [-0.39, 0.29) is 28.8 Å². The van der Waals surface area contributed by atoms with Crippen LogP contribution in [0, 0.1) is 30.1 Å². The van der Waals surface area contributed by atoms with Gasteiger partial charge in [-0.05, 0) is 129 Å². The molecule has 2 fully saturated rings. The molecule has 0 bridgehead atoms. The van der Waals surface area contributed by atoms with E-state index in [0.29, 0.717) is 17.8 Å². The largest absolute Gasteiger partial charge is 0.497 e. The van der Waals surface area contributed by atoms with E-state index < -0.39 is 5.60 Å². The van der Waals surface area contributed by atoms with E-state index in [9.17, 15) is 9.90 Å². The van der Waals surface area contributed by atoms with Gasteiger partial charge in [0, 0.05) is 22.5 Å². The molecule has 0 amide bonds. The molecule has 0 unspecified atom stereocenters. The van der Waals surface area contributed by atoms with E-state index in [2.05, 4.69) is 68.4 Å². The van der Waals surface area contributed by atoms with E-state index in [1.165, 1.54) is 23.1 Å². The number of fused-ring (bicyclic) bond motifs is 5. The smallest absolute Gasteiger partial charge is 0.165 e. The second-order valence-corrected chi connectivity index (χ2v) is 14.9. The molecule has 1 N–H and O–H groups in total. The zero-order valence-electron chi connectivity index (χ0n) is 26.3. The number of thioether (sulfide) groups is 1. The molecule has 0 aromatic heterocycles. The second-order valence-electron chi connectivity index (χ2n) is 13.6. The minimum absolute atomic E-state index is 0.0309. The van der Waals surface area contributed by atoms with Gasteiger partial charge in [-0.2, -0.15) is 0 Å². The Kier molecular flexibility index (Phi) is 8.43. The summed E-state index contributed by atoms with van der Waals surface area (Å²) in [6.45, 7) is 6.30. The topological polar surface area (TPSA) is 55.8 Å². The Labute approximate surface area is 261 Å². The van der Waals surface area contributed by atoms with Gasteiger partial charge in [0.25, 0.3) is 0 Å². The van der Waals surface area contributed by atoms with Crippen LogP contribution in [0.4, 0.5) is 0 Å². The number of aliphatic hydroxyl groups is 1. The van der Waals surface area contributed by atoms with Crippen molar-refractivity contribution in [2.45, 2.75) is 87.4 Å². The summed E-state index contributed by atoms with van der Waals surface area (Å²) < 4.78 is 10.9. The van der Waals surface area contributed by atoms with E-state index in [4.69, 9.17) is 9.47 Å². The van der Waals surface area contributed by atoms with Gasteiger partial charge in [-0.25, -0.2) is 0 Å². The van der Waals surface area contributed by atoms with Gasteiger partial charge in [0.15, 0.2) is 5.78 Å². The first kappa shape index (κ1) is 30.3. The average molecular weight is 599 g/mol. The molecule has 6 rings (SSSR count). The normalized spacial score (nSPS) is 28.1. The molecule has 228 valence electrons. The first-order chi connectivity index (χ1) is 20.6. The zero-order valence-corrected chi connectivity index (χ0v) is 27.1. The Bertz CT molecular complexity index is 1450. The van der Waals surface area contributed by atoms with Crippen molar-refractivity contribution in [2.24, 2.45) is 23.2 Å². The zero-order chi connectivity index (χ0) is 30.4. The Morgan fingerprint density at radius 3 is 2.37 bits per heavy atom. The fourth-order valence-electron chi connectivity index (χ4n) is 9.01. The third-order valence-corrected chi connectivity index (χ3v) is 12.6. The maximum absolute atomic E-state index is 14.2. The Morgan fingerprint density at radius 1 is 0.977 bits per heavy atom. The van der Waals surface area contributed by atoms with Gasteiger partial charge in [0.2, 0.25) is 0 Å². The van der Waals surface area contributed by atoms with Crippen molar-refractivity contribution >= 4 is 17.5 Å². The number of aryl methyl sites for hydroxylation is 2. The molecule has 0 aliphatic heterocycles. The van der Waals surface area contributed by atoms with E-state index in [1.807, 2.05) is 19.1 Å². The number of methoxy groups -OCH3 is 2. The van der Waals surface area contributed by atoms with Gasteiger partial charge < -0.3 is 14.6 Å². The molecule has 0 heterocycles. The van der Waals surface area contributed by atoms with Gasteiger partial charge in [-0.3, -0.25) is 4.79 Å². The van der Waals surface area contributed by atoms with Crippen LogP contribution in [0.25, 0.3) is 0 Å². The number of Topliss-reactive ketones (excluding diaryl/α,β-unsaturated/α-hetero) is 1. The van der Waals surface area contributed by atoms with Crippen LogP contribution in [0.15, 0.2) is 71.6 Å². The molecular weight excluding hydrogens is 552 g/mol. The lowest BCUT2D eigenvalue weighted by Gasteiger charge is -2.53. The molecular formula is C38H46O4S.